The molecule has 1 spiro atoms. The zero-order valence-electron chi connectivity index (χ0n) is 18.0. The van der Waals surface area contributed by atoms with Crippen LogP contribution < -0.4 is 5.32 Å². The van der Waals surface area contributed by atoms with Crippen LogP contribution in [-0.2, 0) is 21.8 Å². The maximum atomic E-state index is 13.6. The van der Waals surface area contributed by atoms with E-state index in [1.54, 1.807) is 4.90 Å². The summed E-state index contributed by atoms with van der Waals surface area (Å²) < 4.78 is 5.44. The lowest BCUT2D eigenvalue weighted by atomic mass is 9.91. The first-order chi connectivity index (χ1) is 14.9. The van der Waals surface area contributed by atoms with Crippen molar-refractivity contribution in [2.45, 2.75) is 63.8 Å². The fourth-order valence-electron chi connectivity index (χ4n) is 5.09. The van der Waals surface area contributed by atoms with Gasteiger partial charge < -0.3 is 24.7 Å². The van der Waals surface area contributed by atoms with E-state index in [9.17, 15) is 9.90 Å². The molecule has 5 rings (SSSR count). The molecule has 1 aromatic carbocycles. The van der Waals surface area contributed by atoms with Crippen LogP contribution in [-0.4, -0.2) is 45.6 Å². The summed E-state index contributed by atoms with van der Waals surface area (Å²) in [5.74, 6) is 0.596. The van der Waals surface area contributed by atoms with E-state index in [0.29, 0.717) is 18.0 Å². The van der Waals surface area contributed by atoms with Crippen LogP contribution in [0.2, 0.25) is 0 Å². The molecule has 1 aliphatic carbocycles. The van der Waals surface area contributed by atoms with Gasteiger partial charge in [0.25, 0.3) is 0 Å². The van der Waals surface area contributed by atoms with Crippen molar-refractivity contribution in [3.63, 3.8) is 0 Å². The van der Waals surface area contributed by atoms with E-state index in [0.717, 1.165) is 24.1 Å². The lowest BCUT2D eigenvalue weighted by Crippen LogP contribution is -2.50. The summed E-state index contributed by atoms with van der Waals surface area (Å²) in [6.45, 7) is 6.07. The van der Waals surface area contributed by atoms with Crippen molar-refractivity contribution in [3.05, 3.63) is 52.9 Å². The first-order valence-electron chi connectivity index (χ1n) is 10.9. The second kappa shape index (κ2) is 7.37. The van der Waals surface area contributed by atoms with Gasteiger partial charge in [0.1, 0.15) is 11.7 Å². The summed E-state index contributed by atoms with van der Waals surface area (Å²) in [6, 6.07) is 9.62. The lowest BCUT2D eigenvalue weighted by Gasteiger charge is -2.30. The van der Waals surface area contributed by atoms with Crippen molar-refractivity contribution >= 4 is 11.7 Å². The third-order valence-corrected chi connectivity index (χ3v) is 6.59. The van der Waals surface area contributed by atoms with Gasteiger partial charge in [0.05, 0.1) is 17.8 Å². The predicted octanol–water partition coefficient (Wildman–Crippen LogP) is 2.42. The molecule has 1 fully saturated rings. The molecule has 1 aromatic heterocycles. The number of β-amino-alcohol motifs (C(OH)–C–C–N with tert-alkyl or cyclic N) is 1. The van der Waals surface area contributed by atoms with Gasteiger partial charge in [-0.05, 0) is 24.8 Å². The highest BCUT2D eigenvalue weighted by Gasteiger charge is 2.50. The lowest BCUT2D eigenvalue weighted by molar-refractivity contribution is -0.134. The predicted molar refractivity (Wildman–Crippen MR) is 113 cm³/mol. The topological polar surface area (TPSA) is 100 Å². The largest absolute Gasteiger partial charge is 0.391 e. The Labute approximate surface area is 181 Å². The molecule has 0 unspecified atom stereocenters. The van der Waals surface area contributed by atoms with Gasteiger partial charge in [-0.15, -0.1) is 0 Å². The van der Waals surface area contributed by atoms with E-state index < -0.39 is 17.7 Å². The monoisotopic (exact) mass is 424 g/mol. The Balaban J connectivity index is 1.40. The molecule has 8 nitrogen and oxygen atoms in total. The molecule has 1 amide bonds. The zero-order chi connectivity index (χ0) is 21.8. The van der Waals surface area contributed by atoms with Gasteiger partial charge in [-0.2, -0.15) is 0 Å². The van der Waals surface area contributed by atoms with Crippen LogP contribution in [0.1, 0.15) is 55.2 Å². The summed E-state index contributed by atoms with van der Waals surface area (Å²) in [5, 5.41) is 22.2. The number of likely N-dealkylation sites (tertiary alicyclic amines) is 1. The maximum Gasteiger partial charge on any atom is 0.235 e. The number of carbonyl (C=O) groups excluding carboxylic acids is 1. The number of amides is 1. The van der Waals surface area contributed by atoms with Gasteiger partial charge in [-0.1, -0.05) is 48.4 Å². The number of aromatic nitrogens is 1. The first kappa shape index (κ1) is 20.1. The van der Waals surface area contributed by atoms with E-state index in [1.165, 1.54) is 5.56 Å². The van der Waals surface area contributed by atoms with Gasteiger partial charge >= 0.3 is 0 Å². The average molecular weight is 425 g/mol. The highest BCUT2D eigenvalue weighted by atomic mass is 16.7. The molecule has 164 valence electrons. The smallest absolute Gasteiger partial charge is 0.235 e. The zero-order valence-corrected chi connectivity index (χ0v) is 18.0. The number of nitrogens with one attached hydrogen (secondary N) is 1. The fourth-order valence-corrected chi connectivity index (χ4v) is 5.09. The van der Waals surface area contributed by atoms with Crippen molar-refractivity contribution in [2.24, 2.45) is 11.1 Å². The summed E-state index contributed by atoms with van der Waals surface area (Å²) in [4.78, 5) is 21.3. The molecule has 0 bridgehead atoms. The second-order valence-electron chi connectivity index (χ2n) is 9.17. The maximum absolute atomic E-state index is 13.6. The molecule has 4 atom stereocenters. The Morgan fingerprint density at radius 3 is 2.90 bits per heavy atom. The van der Waals surface area contributed by atoms with Crippen LogP contribution in [0.3, 0.4) is 0 Å². The summed E-state index contributed by atoms with van der Waals surface area (Å²) >= 11 is 0. The van der Waals surface area contributed by atoms with Crippen molar-refractivity contribution in [1.29, 1.82) is 0 Å². The molecular weight excluding hydrogens is 396 g/mol. The van der Waals surface area contributed by atoms with Crippen molar-refractivity contribution < 1.29 is 19.3 Å². The van der Waals surface area contributed by atoms with Crippen LogP contribution >= 0.6 is 0 Å². The highest BCUT2D eigenvalue weighted by Crippen LogP contribution is 2.41. The number of benzene rings is 1. The van der Waals surface area contributed by atoms with E-state index >= 15 is 0 Å². The molecule has 31 heavy (non-hydrogen) atoms. The van der Waals surface area contributed by atoms with Gasteiger partial charge in [0, 0.05) is 31.0 Å². The number of amidine groups is 1. The number of carbonyl (C=O) groups is 1. The van der Waals surface area contributed by atoms with E-state index in [4.69, 9.17) is 9.36 Å². The van der Waals surface area contributed by atoms with Crippen molar-refractivity contribution in [2.75, 3.05) is 6.54 Å². The van der Waals surface area contributed by atoms with Gasteiger partial charge in [0.15, 0.2) is 5.84 Å². The molecule has 1 saturated heterocycles. The number of rotatable bonds is 4. The Bertz CT molecular complexity index is 1030. The Morgan fingerprint density at radius 1 is 1.35 bits per heavy atom. The Hall–Kier alpha value is -2.87. The minimum Gasteiger partial charge on any atom is -0.391 e. The number of oxime groups is 1. The third-order valence-electron chi connectivity index (χ3n) is 6.59. The average Bonchev–Trinajstić information content (AvgIpc) is 3.51. The van der Waals surface area contributed by atoms with Crippen LogP contribution in [0, 0.1) is 12.8 Å². The number of aliphatic hydroxyl groups is 1. The summed E-state index contributed by atoms with van der Waals surface area (Å²) in [6.07, 6.45) is 1.48. The molecule has 8 heteroatoms. The quantitative estimate of drug-likeness (QED) is 0.782. The van der Waals surface area contributed by atoms with Gasteiger partial charge in [0.2, 0.25) is 11.6 Å². The molecule has 2 N–H and O–H groups in total. The van der Waals surface area contributed by atoms with Gasteiger partial charge in [-0.25, -0.2) is 0 Å². The number of hydrogen-bond donors (Lipinski definition) is 2. The SMILES string of the molecule is Cc1cc([C@@H](C(=O)N2C[C@H](O)C[C@H]2C2=NO[C@]3(CCc4ccccc43)N2)C(C)C)on1. The molecule has 3 aliphatic rings. The number of aryl methyl sites for hydroxylation is 2. The van der Waals surface area contributed by atoms with E-state index in [-0.39, 0.29) is 24.4 Å². The van der Waals surface area contributed by atoms with Crippen LogP contribution in [0.4, 0.5) is 0 Å². The summed E-state index contributed by atoms with van der Waals surface area (Å²) in [5.41, 5.74) is 2.38. The molecule has 0 saturated carbocycles. The Kier molecular flexibility index (Phi) is 4.77. The van der Waals surface area contributed by atoms with Crippen LogP contribution in [0.15, 0.2) is 40.0 Å². The van der Waals surface area contributed by atoms with E-state index in [1.807, 2.05) is 39.0 Å². The first-order valence-corrected chi connectivity index (χ1v) is 10.9. The normalized spacial score (nSPS) is 27.9. The summed E-state index contributed by atoms with van der Waals surface area (Å²) in [7, 11) is 0. The second-order valence-corrected chi connectivity index (χ2v) is 9.17. The Morgan fingerprint density at radius 2 is 2.16 bits per heavy atom. The number of nitrogens with zero attached hydrogens (tertiary/aromatic N) is 3. The van der Waals surface area contributed by atoms with Crippen molar-refractivity contribution in [1.82, 2.24) is 15.4 Å². The standard InChI is InChI=1S/C23H28N4O4/c1-13(2)20(19-10-14(3)25-30-19)22(29)27-12-16(28)11-18(27)21-24-23(31-26-21)9-8-15-6-4-5-7-17(15)23/h4-7,10,13,16,18,20,28H,8-9,11-12H2,1-3H3,(H,24,26)/t16-,18+,20+,23+/m1/s1. The molecule has 0 radical (unpaired) electrons. The van der Waals surface area contributed by atoms with E-state index in [2.05, 4.69) is 27.8 Å². The number of hydrogen-bond acceptors (Lipinski definition) is 7. The number of aliphatic hydroxyl groups excluding tert-OH is 1. The fraction of sp³-hybridized carbons (Fsp3) is 0.522. The third kappa shape index (κ3) is 3.29. The van der Waals surface area contributed by atoms with Gasteiger partial charge in [-0.3, -0.25) is 4.79 Å². The molecule has 2 aromatic rings. The van der Waals surface area contributed by atoms with Crippen LogP contribution in [0.25, 0.3) is 0 Å². The highest BCUT2D eigenvalue weighted by molar-refractivity contribution is 5.94. The molecular formula is C23H28N4O4. The number of fused-ring (bicyclic) bond motifs is 2. The van der Waals surface area contributed by atoms with Crippen LogP contribution in [0.5, 0.6) is 0 Å². The molecule has 2 aliphatic heterocycles. The molecule has 3 heterocycles. The van der Waals surface area contributed by atoms with Crippen molar-refractivity contribution in [3.8, 4) is 0 Å². The minimum absolute atomic E-state index is 0.0148. The minimum atomic E-state index is -0.687.